The number of aromatic nitrogens is 2. The zero-order valence-corrected chi connectivity index (χ0v) is 25.8. The third kappa shape index (κ3) is 8.04. The molecule has 0 saturated heterocycles. The number of nitrogens with one attached hydrogen (secondary N) is 5. The number of nitrogens with two attached hydrogens (primary N) is 1. The highest BCUT2D eigenvalue weighted by atomic mass is 16.4. The number of carboxylic acid groups (broad SMARTS) is 1. The van der Waals surface area contributed by atoms with E-state index in [4.69, 9.17) is 5.73 Å². The van der Waals surface area contributed by atoms with E-state index < -0.39 is 54.0 Å². The fourth-order valence-corrected chi connectivity index (χ4v) is 5.61. The molecule has 5 rings (SSSR count). The van der Waals surface area contributed by atoms with Crippen LogP contribution in [0.5, 0.6) is 0 Å². The summed E-state index contributed by atoms with van der Waals surface area (Å²) in [6.45, 7) is 1.34. The van der Waals surface area contributed by atoms with E-state index in [1.165, 1.54) is 6.92 Å². The fraction of sp³-hybridized carbons (Fsp3) is 0.257. The molecule has 5 unspecified atom stereocenters. The molecule has 5 aromatic rings. The molecular formula is C35H38N6O6. The van der Waals surface area contributed by atoms with Gasteiger partial charge in [0.1, 0.15) is 18.1 Å². The summed E-state index contributed by atoms with van der Waals surface area (Å²) < 4.78 is 0. The minimum atomic E-state index is -1.45. The number of rotatable bonds is 14. The average molecular weight is 639 g/mol. The third-order valence-electron chi connectivity index (χ3n) is 8.14. The molecule has 0 spiro atoms. The lowest BCUT2D eigenvalue weighted by Gasteiger charge is -2.26. The first-order valence-electron chi connectivity index (χ1n) is 15.3. The van der Waals surface area contributed by atoms with Gasteiger partial charge in [0, 0.05) is 47.0 Å². The Morgan fingerprint density at radius 1 is 0.681 bits per heavy atom. The van der Waals surface area contributed by atoms with Crippen molar-refractivity contribution in [3.8, 4) is 0 Å². The second-order valence-corrected chi connectivity index (χ2v) is 11.6. The normalized spacial score (nSPS) is 14.5. The van der Waals surface area contributed by atoms with Crippen LogP contribution in [-0.4, -0.2) is 74.1 Å². The first-order chi connectivity index (χ1) is 22.6. The Bertz CT molecular complexity index is 1870. The van der Waals surface area contributed by atoms with Crippen LogP contribution in [0, 0.1) is 0 Å². The summed E-state index contributed by atoms with van der Waals surface area (Å²) >= 11 is 0. The van der Waals surface area contributed by atoms with Crippen molar-refractivity contribution in [3.63, 3.8) is 0 Å². The van der Waals surface area contributed by atoms with Crippen LogP contribution in [0.4, 0.5) is 0 Å². The van der Waals surface area contributed by atoms with Crippen molar-refractivity contribution in [2.45, 2.75) is 56.5 Å². The minimum Gasteiger partial charge on any atom is -0.480 e. The minimum absolute atomic E-state index is 0.000182. The number of carbonyl (C=O) groups excluding carboxylic acids is 3. The Morgan fingerprint density at radius 3 is 1.79 bits per heavy atom. The predicted molar refractivity (Wildman–Crippen MR) is 177 cm³/mol. The number of aliphatic hydroxyl groups excluding tert-OH is 1. The summed E-state index contributed by atoms with van der Waals surface area (Å²) in [6.07, 6.45) is 2.34. The van der Waals surface area contributed by atoms with Gasteiger partial charge in [0.05, 0.1) is 12.1 Å². The lowest BCUT2D eigenvalue weighted by atomic mass is 10.0. The number of carboxylic acids is 1. The van der Waals surface area contributed by atoms with Gasteiger partial charge < -0.3 is 41.9 Å². The molecule has 0 aliphatic heterocycles. The van der Waals surface area contributed by atoms with Crippen LogP contribution < -0.4 is 21.7 Å². The Balaban J connectivity index is 1.33. The number of amides is 3. The predicted octanol–water partition coefficient (Wildman–Crippen LogP) is 1.92. The van der Waals surface area contributed by atoms with Gasteiger partial charge in [-0.05, 0) is 42.2 Å². The second-order valence-electron chi connectivity index (χ2n) is 11.6. The molecule has 9 N–H and O–H groups in total. The van der Waals surface area contributed by atoms with E-state index in [0.29, 0.717) is 11.1 Å². The molecular weight excluding hydrogens is 600 g/mol. The molecule has 0 radical (unpaired) electrons. The zero-order valence-electron chi connectivity index (χ0n) is 25.8. The quantitative estimate of drug-likeness (QED) is 0.0907. The maximum absolute atomic E-state index is 13.7. The van der Waals surface area contributed by atoms with Crippen molar-refractivity contribution in [1.29, 1.82) is 0 Å². The Labute approximate surface area is 270 Å². The van der Waals surface area contributed by atoms with Crippen LogP contribution in [0.1, 0.15) is 23.6 Å². The number of para-hydroxylation sites is 2. The molecule has 244 valence electrons. The van der Waals surface area contributed by atoms with Crippen LogP contribution in [-0.2, 0) is 38.4 Å². The monoisotopic (exact) mass is 638 g/mol. The van der Waals surface area contributed by atoms with Crippen molar-refractivity contribution < 1.29 is 29.4 Å². The number of aliphatic hydroxyl groups is 1. The van der Waals surface area contributed by atoms with Gasteiger partial charge in [-0.15, -0.1) is 0 Å². The lowest BCUT2D eigenvalue weighted by Crippen LogP contribution is -2.60. The molecule has 0 aliphatic rings. The number of carbonyl (C=O) groups is 4. The van der Waals surface area contributed by atoms with E-state index in [9.17, 15) is 29.4 Å². The number of hydrogen-bond donors (Lipinski definition) is 8. The summed E-state index contributed by atoms with van der Waals surface area (Å²) in [5, 5.41) is 29.9. The van der Waals surface area contributed by atoms with Gasteiger partial charge in [0.25, 0.3) is 0 Å². The molecule has 12 heteroatoms. The Hall–Kier alpha value is -5.46. The van der Waals surface area contributed by atoms with Gasteiger partial charge >= 0.3 is 5.97 Å². The molecule has 3 amide bonds. The van der Waals surface area contributed by atoms with Gasteiger partial charge in [-0.3, -0.25) is 14.4 Å². The van der Waals surface area contributed by atoms with Crippen molar-refractivity contribution in [3.05, 3.63) is 108 Å². The van der Waals surface area contributed by atoms with E-state index in [1.54, 1.807) is 42.7 Å². The highest BCUT2D eigenvalue weighted by molar-refractivity contribution is 5.95. The van der Waals surface area contributed by atoms with Crippen LogP contribution in [0.15, 0.2) is 91.3 Å². The number of hydrogen-bond acceptors (Lipinski definition) is 6. The van der Waals surface area contributed by atoms with Gasteiger partial charge in [-0.1, -0.05) is 66.7 Å². The molecule has 0 bridgehead atoms. The molecule has 0 fully saturated rings. The van der Waals surface area contributed by atoms with E-state index in [0.717, 1.165) is 27.4 Å². The highest BCUT2D eigenvalue weighted by Crippen LogP contribution is 2.20. The molecule has 0 aliphatic carbocycles. The van der Waals surface area contributed by atoms with E-state index >= 15 is 0 Å². The van der Waals surface area contributed by atoms with Gasteiger partial charge in [-0.2, -0.15) is 0 Å². The maximum Gasteiger partial charge on any atom is 0.326 e. The van der Waals surface area contributed by atoms with Crippen LogP contribution in [0.25, 0.3) is 21.8 Å². The summed E-state index contributed by atoms with van der Waals surface area (Å²) in [5.41, 5.74) is 10.2. The van der Waals surface area contributed by atoms with Crippen molar-refractivity contribution >= 4 is 45.5 Å². The average Bonchev–Trinajstić information content (AvgIpc) is 3.67. The lowest BCUT2D eigenvalue weighted by molar-refractivity contribution is -0.142. The molecule has 12 nitrogen and oxygen atoms in total. The summed E-state index contributed by atoms with van der Waals surface area (Å²) in [5.74, 6) is -3.47. The number of fused-ring (bicyclic) bond motifs is 2. The van der Waals surface area contributed by atoms with Gasteiger partial charge in [0.15, 0.2) is 0 Å². The Kier molecular flexibility index (Phi) is 10.3. The molecule has 3 aromatic carbocycles. The molecule has 5 atom stereocenters. The van der Waals surface area contributed by atoms with Gasteiger partial charge in [0.2, 0.25) is 17.7 Å². The first-order valence-corrected chi connectivity index (χ1v) is 15.3. The van der Waals surface area contributed by atoms with E-state index in [2.05, 4.69) is 25.9 Å². The first kappa shape index (κ1) is 32.9. The van der Waals surface area contributed by atoms with Gasteiger partial charge in [-0.25, -0.2) is 4.79 Å². The maximum atomic E-state index is 13.7. The molecule has 0 saturated carbocycles. The molecule has 2 heterocycles. The van der Waals surface area contributed by atoms with Crippen LogP contribution in [0.3, 0.4) is 0 Å². The van der Waals surface area contributed by atoms with Crippen LogP contribution in [0.2, 0.25) is 0 Å². The highest BCUT2D eigenvalue weighted by Gasteiger charge is 2.33. The standard InChI is InChI=1S/C35H38N6O6/c1-20(42)31(41-32(43)26(36)16-22-18-37-27-13-7-5-11-24(22)27)34(45)39-29(17-23-19-38-28-14-8-6-12-25(23)28)33(44)40-30(35(46)47)15-21-9-3-2-4-10-21/h2-14,18-20,26,29-31,37-38,42H,15-17,36H2,1H3,(H,39,45)(H,40,44)(H,41,43)(H,46,47). The van der Waals surface area contributed by atoms with Crippen molar-refractivity contribution in [1.82, 2.24) is 25.9 Å². The van der Waals surface area contributed by atoms with Crippen LogP contribution >= 0.6 is 0 Å². The number of aromatic amines is 2. The zero-order chi connectivity index (χ0) is 33.5. The van der Waals surface area contributed by atoms with Crippen molar-refractivity contribution in [2.75, 3.05) is 0 Å². The molecule has 2 aromatic heterocycles. The third-order valence-corrected chi connectivity index (χ3v) is 8.14. The smallest absolute Gasteiger partial charge is 0.326 e. The second kappa shape index (κ2) is 14.8. The SMILES string of the molecule is CC(O)C(NC(=O)C(N)Cc1c[nH]c2ccccc12)C(=O)NC(Cc1c[nH]c2ccccc12)C(=O)NC(Cc1ccccc1)C(=O)O. The summed E-state index contributed by atoms with van der Waals surface area (Å²) in [6, 6.07) is 18.8. The summed E-state index contributed by atoms with van der Waals surface area (Å²) in [4.78, 5) is 58.9. The molecule has 47 heavy (non-hydrogen) atoms. The van der Waals surface area contributed by atoms with E-state index in [-0.39, 0.29) is 19.3 Å². The number of aliphatic carboxylic acids is 1. The largest absolute Gasteiger partial charge is 0.480 e. The topological polar surface area (TPSA) is 202 Å². The number of benzene rings is 3. The fourth-order valence-electron chi connectivity index (χ4n) is 5.61. The Morgan fingerprint density at radius 2 is 1.21 bits per heavy atom. The number of H-pyrrole nitrogens is 2. The summed E-state index contributed by atoms with van der Waals surface area (Å²) in [7, 11) is 0. The van der Waals surface area contributed by atoms with E-state index in [1.807, 2.05) is 48.5 Å². The van der Waals surface area contributed by atoms with Crippen molar-refractivity contribution in [2.24, 2.45) is 5.73 Å².